The van der Waals surface area contributed by atoms with E-state index in [1.54, 1.807) is 0 Å². The molecule has 0 aliphatic carbocycles. The van der Waals surface area contributed by atoms with Gasteiger partial charge in [0.05, 0.1) is 0 Å². The molecule has 1 aromatic rings. The molecule has 1 rings (SSSR count). The van der Waals surface area contributed by atoms with Crippen molar-refractivity contribution in [1.82, 2.24) is 0 Å². The van der Waals surface area contributed by atoms with Gasteiger partial charge in [0.25, 0.3) is 0 Å². The Morgan fingerprint density at radius 2 is 2.62 bits per heavy atom. The molecule has 0 N–H and O–H groups in total. The molecule has 1 heterocycles. The number of hydrogen-bond donors (Lipinski definition) is 0. The standard InChI is InChI=1S/C5H4OS2/c7-4-6-5-2-1-3-8-5/h1-4H. The van der Waals surface area contributed by atoms with Crippen LogP contribution < -0.4 is 4.74 Å². The lowest BCUT2D eigenvalue weighted by Gasteiger charge is -1.86. The first-order valence-electron chi connectivity index (χ1n) is 2.07. The maximum Gasteiger partial charge on any atom is 0.181 e. The first-order chi connectivity index (χ1) is 3.93. The Labute approximate surface area is 56.9 Å². The van der Waals surface area contributed by atoms with Gasteiger partial charge in [-0.25, -0.2) is 0 Å². The third kappa shape index (κ3) is 1.28. The second kappa shape index (κ2) is 2.79. The van der Waals surface area contributed by atoms with Gasteiger partial charge in [-0.15, -0.1) is 11.3 Å². The van der Waals surface area contributed by atoms with Crippen LogP contribution in [0.5, 0.6) is 5.06 Å². The Balaban J connectivity index is 2.62. The Bertz CT molecular complexity index is 157. The minimum absolute atomic E-state index is 0.847. The molecule has 1 aromatic heterocycles. The van der Waals surface area contributed by atoms with Crippen LogP contribution in [-0.4, -0.2) is 5.55 Å². The zero-order valence-corrected chi connectivity index (χ0v) is 5.67. The van der Waals surface area contributed by atoms with E-state index < -0.39 is 0 Å². The highest BCUT2D eigenvalue weighted by Gasteiger charge is 1.85. The molecule has 0 radical (unpaired) electrons. The zero-order chi connectivity index (χ0) is 5.82. The molecule has 0 fully saturated rings. The van der Waals surface area contributed by atoms with Crippen molar-refractivity contribution in [1.29, 1.82) is 0 Å². The van der Waals surface area contributed by atoms with E-state index in [1.165, 1.54) is 16.9 Å². The molecule has 0 amide bonds. The number of thiocarbonyl (C=S) groups is 1. The van der Waals surface area contributed by atoms with Gasteiger partial charge in [-0.3, -0.25) is 0 Å². The molecule has 8 heavy (non-hydrogen) atoms. The highest BCUT2D eigenvalue weighted by Crippen LogP contribution is 2.16. The fourth-order valence-electron chi connectivity index (χ4n) is 0.378. The highest BCUT2D eigenvalue weighted by atomic mass is 32.1. The molecule has 0 saturated carbocycles. The Kier molecular flexibility index (Phi) is 2.00. The van der Waals surface area contributed by atoms with Crippen LogP contribution in [0, 0.1) is 0 Å². The fourth-order valence-corrected chi connectivity index (χ4v) is 1.09. The lowest BCUT2D eigenvalue weighted by Crippen LogP contribution is -1.79. The summed E-state index contributed by atoms with van der Waals surface area (Å²) in [5.41, 5.74) is 1.26. The first kappa shape index (κ1) is 5.72. The quantitative estimate of drug-likeness (QED) is 0.588. The summed E-state index contributed by atoms with van der Waals surface area (Å²) in [6, 6.07) is 3.78. The van der Waals surface area contributed by atoms with Crippen molar-refractivity contribution < 1.29 is 4.74 Å². The van der Waals surface area contributed by atoms with Gasteiger partial charge >= 0.3 is 0 Å². The maximum atomic E-state index is 4.85. The van der Waals surface area contributed by atoms with Crippen LogP contribution in [-0.2, 0) is 0 Å². The molecule has 3 heteroatoms. The van der Waals surface area contributed by atoms with Gasteiger partial charge in [0, 0.05) is 0 Å². The molecule has 0 aliphatic rings. The molecule has 0 bridgehead atoms. The summed E-state index contributed by atoms with van der Waals surface area (Å²) in [7, 11) is 0. The average Bonchev–Trinajstić information content (AvgIpc) is 2.19. The van der Waals surface area contributed by atoms with E-state index in [0.717, 1.165) is 5.06 Å². The van der Waals surface area contributed by atoms with E-state index in [-0.39, 0.29) is 0 Å². The molecule has 0 atom stereocenters. The van der Waals surface area contributed by atoms with Crippen molar-refractivity contribution in [3.05, 3.63) is 17.5 Å². The van der Waals surface area contributed by atoms with E-state index in [0.29, 0.717) is 0 Å². The molecule has 0 unspecified atom stereocenters. The maximum absolute atomic E-state index is 4.85. The second-order valence-electron chi connectivity index (χ2n) is 1.15. The Hall–Kier alpha value is -0.410. The van der Waals surface area contributed by atoms with Crippen molar-refractivity contribution in [3.8, 4) is 5.06 Å². The van der Waals surface area contributed by atoms with Crippen molar-refractivity contribution in [2.45, 2.75) is 0 Å². The third-order valence-electron chi connectivity index (χ3n) is 0.659. The van der Waals surface area contributed by atoms with E-state index in [9.17, 15) is 0 Å². The number of hydrogen-bond acceptors (Lipinski definition) is 3. The van der Waals surface area contributed by atoms with Crippen LogP contribution in [0.3, 0.4) is 0 Å². The van der Waals surface area contributed by atoms with E-state index in [2.05, 4.69) is 12.2 Å². The van der Waals surface area contributed by atoms with Crippen LogP contribution >= 0.6 is 23.6 Å². The number of thiophene rings is 1. The lowest BCUT2D eigenvalue weighted by molar-refractivity contribution is 0.604. The van der Waals surface area contributed by atoms with Crippen molar-refractivity contribution in [2.75, 3.05) is 0 Å². The summed E-state index contributed by atoms with van der Waals surface area (Å²) in [6.45, 7) is 0. The summed E-state index contributed by atoms with van der Waals surface area (Å²) in [5.74, 6) is 0. The Morgan fingerprint density at radius 1 is 1.75 bits per heavy atom. The summed E-state index contributed by atoms with van der Waals surface area (Å²) in [6.07, 6.45) is 0. The van der Waals surface area contributed by atoms with Gasteiger partial charge in [0.1, 0.15) is 0 Å². The van der Waals surface area contributed by atoms with Crippen molar-refractivity contribution in [3.63, 3.8) is 0 Å². The van der Waals surface area contributed by atoms with Crippen LogP contribution in [0.2, 0.25) is 0 Å². The van der Waals surface area contributed by atoms with Crippen LogP contribution in [0.15, 0.2) is 17.5 Å². The number of rotatable bonds is 2. The molecule has 1 nitrogen and oxygen atoms in total. The molecular weight excluding hydrogens is 140 g/mol. The SMILES string of the molecule is S=COc1cccs1. The minimum atomic E-state index is 0.847. The summed E-state index contributed by atoms with van der Waals surface area (Å²) >= 11 is 5.99. The van der Waals surface area contributed by atoms with Gasteiger partial charge in [0.15, 0.2) is 10.6 Å². The topological polar surface area (TPSA) is 9.23 Å². The average molecular weight is 144 g/mol. The lowest BCUT2D eigenvalue weighted by atomic mass is 10.7. The predicted octanol–water partition coefficient (Wildman–Crippen LogP) is 2.08. The first-order valence-corrected chi connectivity index (χ1v) is 3.42. The van der Waals surface area contributed by atoms with Crippen LogP contribution in [0.4, 0.5) is 0 Å². The molecule has 0 saturated heterocycles. The van der Waals surface area contributed by atoms with Gasteiger partial charge in [-0.1, -0.05) is 0 Å². The highest BCUT2D eigenvalue weighted by molar-refractivity contribution is 7.78. The van der Waals surface area contributed by atoms with Gasteiger partial charge < -0.3 is 4.74 Å². The third-order valence-corrected chi connectivity index (χ3v) is 1.51. The summed E-state index contributed by atoms with van der Waals surface area (Å²) in [5, 5.41) is 2.79. The van der Waals surface area contributed by atoms with Gasteiger partial charge in [-0.2, -0.15) is 0 Å². The van der Waals surface area contributed by atoms with Gasteiger partial charge in [-0.05, 0) is 29.7 Å². The minimum Gasteiger partial charge on any atom is -0.443 e. The Morgan fingerprint density at radius 3 is 3.12 bits per heavy atom. The fraction of sp³-hybridized carbons (Fsp3) is 0. The normalized spacial score (nSPS) is 8.50. The smallest absolute Gasteiger partial charge is 0.181 e. The van der Waals surface area contributed by atoms with Crippen molar-refractivity contribution >= 4 is 29.1 Å². The van der Waals surface area contributed by atoms with E-state index >= 15 is 0 Å². The van der Waals surface area contributed by atoms with Crippen LogP contribution in [0.25, 0.3) is 0 Å². The molecule has 0 aromatic carbocycles. The van der Waals surface area contributed by atoms with Crippen LogP contribution in [0.1, 0.15) is 0 Å². The van der Waals surface area contributed by atoms with E-state index in [1.807, 2.05) is 17.5 Å². The molecule has 0 spiro atoms. The predicted molar refractivity (Wildman–Crippen MR) is 38.6 cm³/mol. The largest absolute Gasteiger partial charge is 0.443 e. The molecule has 42 valence electrons. The zero-order valence-electron chi connectivity index (χ0n) is 4.03. The second-order valence-corrected chi connectivity index (χ2v) is 2.25. The molecular formula is C5H4OS2. The van der Waals surface area contributed by atoms with Crippen molar-refractivity contribution in [2.24, 2.45) is 0 Å². The number of ether oxygens (including phenoxy) is 1. The van der Waals surface area contributed by atoms with Gasteiger partial charge in [0.2, 0.25) is 0 Å². The summed E-state index contributed by atoms with van der Waals surface area (Å²) in [4.78, 5) is 0. The summed E-state index contributed by atoms with van der Waals surface area (Å²) < 4.78 is 4.85. The monoisotopic (exact) mass is 144 g/mol. The molecule has 0 aliphatic heterocycles. The van der Waals surface area contributed by atoms with E-state index in [4.69, 9.17) is 4.74 Å².